The molecule has 2 nitrogen and oxygen atoms in total. The molecule has 0 amide bonds. The summed E-state index contributed by atoms with van der Waals surface area (Å²) in [5, 5.41) is 3.77. The molecular weight excluding hydrogens is 196 g/mol. The minimum absolute atomic E-state index is 0.816. The SMILES string of the molecule is C1CCC(CCN2CCC(NC3CC3)C2)C1. The number of hydrogen-bond acceptors (Lipinski definition) is 2. The van der Waals surface area contributed by atoms with Crippen molar-refractivity contribution in [3.63, 3.8) is 0 Å². The van der Waals surface area contributed by atoms with E-state index in [1.165, 1.54) is 71.0 Å². The van der Waals surface area contributed by atoms with Gasteiger partial charge in [0.2, 0.25) is 0 Å². The average molecular weight is 222 g/mol. The Hall–Kier alpha value is -0.0800. The van der Waals surface area contributed by atoms with Crippen LogP contribution in [0, 0.1) is 5.92 Å². The van der Waals surface area contributed by atoms with Crippen molar-refractivity contribution in [3.8, 4) is 0 Å². The first-order valence-electron chi connectivity index (χ1n) is 7.38. The summed E-state index contributed by atoms with van der Waals surface area (Å²) in [4.78, 5) is 2.69. The highest BCUT2D eigenvalue weighted by Crippen LogP contribution is 2.28. The van der Waals surface area contributed by atoms with Crippen molar-refractivity contribution in [2.24, 2.45) is 5.92 Å². The largest absolute Gasteiger partial charge is 0.310 e. The van der Waals surface area contributed by atoms with Gasteiger partial charge in [-0.15, -0.1) is 0 Å². The van der Waals surface area contributed by atoms with E-state index in [-0.39, 0.29) is 0 Å². The lowest BCUT2D eigenvalue weighted by Crippen LogP contribution is -2.34. The van der Waals surface area contributed by atoms with Gasteiger partial charge in [-0.3, -0.25) is 0 Å². The van der Waals surface area contributed by atoms with Crippen LogP contribution >= 0.6 is 0 Å². The summed E-state index contributed by atoms with van der Waals surface area (Å²) in [7, 11) is 0. The van der Waals surface area contributed by atoms with Crippen LogP contribution < -0.4 is 5.32 Å². The van der Waals surface area contributed by atoms with Gasteiger partial charge in [0.05, 0.1) is 0 Å². The second kappa shape index (κ2) is 5.05. The molecule has 16 heavy (non-hydrogen) atoms. The lowest BCUT2D eigenvalue weighted by atomic mass is 10.0. The fourth-order valence-electron chi connectivity index (χ4n) is 3.42. The minimum Gasteiger partial charge on any atom is -0.310 e. The summed E-state index contributed by atoms with van der Waals surface area (Å²) in [6.45, 7) is 4.04. The normalized spacial score (nSPS) is 32.6. The summed E-state index contributed by atoms with van der Waals surface area (Å²) in [5.74, 6) is 1.07. The molecule has 1 aliphatic heterocycles. The molecule has 3 aliphatic rings. The quantitative estimate of drug-likeness (QED) is 0.768. The summed E-state index contributed by atoms with van der Waals surface area (Å²) in [5.41, 5.74) is 0. The Morgan fingerprint density at radius 1 is 0.938 bits per heavy atom. The van der Waals surface area contributed by atoms with Crippen LogP contribution in [0.25, 0.3) is 0 Å². The van der Waals surface area contributed by atoms with Gasteiger partial charge in [-0.1, -0.05) is 25.7 Å². The Labute approximate surface area is 99.8 Å². The molecule has 1 N–H and O–H groups in total. The molecule has 1 heterocycles. The fourth-order valence-corrected chi connectivity index (χ4v) is 3.42. The molecule has 0 radical (unpaired) electrons. The van der Waals surface area contributed by atoms with E-state index < -0.39 is 0 Å². The van der Waals surface area contributed by atoms with Gasteiger partial charge in [0.1, 0.15) is 0 Å². The van der Waals surface area contributed by atoms with Gasteiger partial charge in [0, 0.05) is 18.6 Å². The molecule has 1 saturated heterocycles. The molecule has 2 heteroatoms. The third kappa shape index (κ3) is 2.98. The average Bonchev–Trinajstić information content (AvgIpc) is 2.81. The lowest BCUT2D eigenvalue weighted by Gasteiger charge is -2.18. The first kappa shape index (κ1) is 11.0. The van der Waals surface area contributed by atoms with Gasteiger partial charge < -0.3 is 10.2 Å². The minimum atomic E-state index is 0.816. The molecular formula is C14H26N2. The maximum atomic E-state index is 3.77. The zero-order chi connectivity index (χ0) is 10.8. The second-order valence-corrected chi connectivity index (χ2v) is 6.17. The highest BCUT2D eigenvalue weighted by atomic mass is 15.2. The lowest BCUT2D eigenvalue weighted by molar-refractivity contribution is 0.295. The first-order chi connectivity index (χ1) is 7.90. The summed E-state index contributed by atoms with van der Waals surface area (Å²) >= 11 is 0. The molecule has 3 rings (SSSR count). The van der Waals surface area contributed by atoms with Crippen LogP contribution in [-0.4, -0.2) is 36.6 Å². The van der Waals surface area contributed by atoms with Gasteiger partial charge in [-0.05, 0) is 44.7 Å². The van der Waals surface area contributed by atoms with Crippen molar-refractivity contribution in [3.05, 3.63) is 0 Å². The zero-order valence-corrected chi connectivity index (χ0v) is 10.5. The van der Waals surface area contributed by atoms with Crippen molar-refractivity contribution in [1.29, 1.82) is 0 Å². The molecule has 3 fully saturated rings. The van der Waals surface area contributed by atoms with E-state index in [0.29, 0.717) is 0 Å². The van der Waals surface area contributed by atoms with E-state index in [0.717, 1.165) is 18.0 Å². The van der Waals surface area contributed by atoms with Crippen LogP contribution in [0.3, 0.4) is 0 Å². The number of rotatable bonds is 5. The van der Waals surface area contributed by atoms with E-state index in [1.807, 2.05) is 0 Å². The van der Waals surface area contributed by atoms with Crippen LogP contribution in [0.5, 0.6) is 0 Å². The summed E-state index contributed by atoms with van der Waals surface area (Å²) in [6.07, 6.45) is 11.7. The van der Waals surface area contributed by atoms with Crippen molar-refractivity contribution in [1.82, 2.24) is 10.2 Å². The Balaban J connectivity index is 1.33. The van der Waals surface area contributed by atoms with Crippen molar-refractivity contribution >= 4 is 0 Å². The topological polar surface area (TPSA) is 15.3 Å². The van der Waals surface area contributed by atoms with Crippen LogP contribution in [0.4, 0.5) is 0 Å². The molecule has 0 spiro atoms. The highest BCUT2D eigenvalue weighted by molar-refractivity contribution is 4.89. The predicted octanol–water partition coefficient (Wildman–Crippen LogP) is 2.39. The molecule has 0 bridgehead atoms. The van der Waals surface area contributed by atoms with Crippen LogP contribution in [-0.2, 0) is 0 Å². The van der Waals surface area contributed by atoms with Crippen LogP contribution in [0.15, 0.2) is 0 Å². The smallest absolute Gasteiger partial charge is 0.0209 e. The molecule has 1 atom stereocenters. The zero-order valence-electron chi connectivity index (χ0n) is 10.5. The van der Waals surface area contributed by atoms with E-state index >= 15 is 0 Å². The monoisotopic (exact) mass is 222 g/mol. The van der Waals surface area contributed by atoms with Crippen LogP contribution in [0.1, 0.15) is 51.4 Å². The Morgan fingerprint density at radius 3 is 2.50 bits per heavy atom. The molecule has 0 aromatic rings. The molecule has 2 saturated carbocycles. The molecule has 0 aromatic carbocycles. The third-order valence-electron chi connectivity index (χ3n) is 4.65. The van der Waals surface area contributed by atoms with Gasteiger partial charge in [-0.25, -0.2) is 0 Å². The van der Waals surface area contributed by atoms with E-state index in [1.54, 1.807) is 0 Å². The fraction of sp³-hybridized carbons (Fsp3) is 1.00. The van der Waals surface area contributed by atoms with E-state index in [4.69, 9.17) is 0 Å². The standard InChI is InChI=1S/C14H26N2/c1-2-4-12(3-1)7-9-16-10-8-14(11-16)15-13-5-6-13/h12-15H,1-11H2. The summed E-state index contributed by atoms with van der Waals surface area (Å²) < 4.78 is 0. The maximum Gasteiger partial charge on any atom is 0.0209 e. The molecule has 2 aliphatic carbocycles. The third-order valence-corrected chi connectivity index (χ3v) is 4.65. The van der Waals surface area contributed by atoms with Gasteiger partial charge in [0.25, 0.3) is 0 Å². The Bertz CT molecular complexity index is 219. The Morgan fingerprint density at radius 2 is 1.75 bits per heavy atom. The number of nitrogens with one attached hydrogen (secondary N) is 1. The van der Waals surface area contributed by atoms with E-state index in [9.17, 15) is 0 Å². The number of likely N-dealkylation sites (tertiary alicyclic amines) is 1. The molecule has 0 aromatic heterocycles. The van der Waals surface area contributed by atoms with Gasteiger partial charge in [0.15, 0.2) is 0 Å². The van der Waals surface area contributed by atoms with Gasteiger partial charge >= 0.3 is 0 Å². The van der Waals surface area contributed by atoms with Crippen LogP contribution in [0.2, 0.25) is 0 Å². The first-order valence-corrected chi connectivity index (χ1v) is 7.38. The number of nitrogens with zero attached hydrogens (tertiary/aromatic N) is 1. The van der Waals surface area contributed by atoms with Gasteiger partial charge in [-0.2, -0.15) is 0 Å². The van der Waals surface area contributed by atoms with Crippen molar-refractivity contribution in [2.75, 3.05) is 19.6 Å². The predicted molar refractivity (Wildman–Crippen MR) is 67.6 cm³/mol. The molecule has 92 valence electrons. The van der Waals surface area contributed by atoms with Crippen molar-refractivity contribution in [2.45, 2.75) is 63.5 Å². The molecule has 1 unspecified atom stereocenters. The number of hydrogen-bond donors (Lipinski definition) is 1. The maximum absolute atomic E-state index is 3.77. The van der Waals surface area contributed by atoms with Crippen molar-refractivity contribution < 1.29 is 0 Å². The Kier molecular flexibility index (Phi) is 3.49. The highest BCUT2D eigenvalue weighted by Gasteiger charge is 2.29. The second-order valence-electron chi connectivity index (χ2n) is 6.17. The summed E-state index contributed by atoms with van der Waals surface area (Å²) in [6, 6.07) is 1.70. The van der Waals surface area contributed by atoms with E-state index in [2.05, 4.69) is 10.2 Å².